The minimum absolute atomic E-state index is 0.163. The van der Waals surface area contributed by atoms with Crippen LogP contribution in [0.1, 0.15) is 23.2 Å². The molecule has 1 aromatic rings. The van der Waals surface area contributed by atoms with Crippen LogP contribution in [0, 0.1) is 0 Å². The summed E-state index contributed by atoms with van der Waals surface area (Å²) in [5.41, 5.74) is 7.34. The largest absolute Gasteiger partial charge is 0.465 e. The van der Waals surface area contributed by atoms with E-state index in [0.29, 0.717) is 29.9 Å². The maximum atomic E-state index is 11.5. The van der Waals surface area contributed by atoms with Crippen molar-refractivity contribution in [3.63, 3.8) is 0 Å². The third-order valence-electron chi connectivity index (χ3n) is 2.39. The van der Waals surface area contributed by atoms with E-state index in [1.165, 1.54) is 7.11 Å². The maximum absolute atomic E-state index is 11.5. The summed E-state index contributed by atoms with van der Waals surface area (Å²) in [5, 5.41) is 11.8. The number of hydrogen-bond acceptors (Lipinski definition) is 5. The highest BCUT2D eigenvalue weighted by atomic mass is 16.5. The van der Waals surface area contributed by atoms with Crippen molar-refractivity contribution in [2.24, 2.45) is 0 Å². The van der Waals surface area contributed by atoms with Crippen molar-refractivity contribution >= 4 is 17.3 Å². The van der Waals surface area contributed by atoms with Gasteiger partial charge >= 0.3 is 5.97 Å². The molecule has 0 saturated heterocycles. The van der Waals surface area contributed by atoms with Crippen LogP contribution in [0.3, 0.4) is 0 Å². The second-order valence-electron chi connectivity index (χ2n) is 3.62. The summed E-state index contributed by atoms with van der Waals surface area (Å²) in [4.78, 5) is 11.5. The normalized spacial score (nSPS) is 10.0. The average molecular weight is 238 g/mol. The fraction of sp³-hybridized carbons (Fsp3) is 0.417. The van der Waals surface area contributed by atoms with Gasteiger partial charge in [-0.05, 0) is 25.0 Å². The molecule has 0 heterocycles. The van der Waals surface area contributed by atoms with Gasteiger partial charge in [-0.2, -0.15) is 0 Å². The summed E-state index contributed by atoms with van der Waals surface area (Å²) in [6.45, 7) is 0.814. The van der Waals surface area contributed by atoms with Crippen molar-refractivity contribution in [1.82, 2.24) is 0 Å². The number of aliphatic hydroxyl groups is 1. The molecule has 94 valence electrons. The van der Waals surface area contributed by atoms with E-state index in [-0.39, 0.29) is 6.61 Å². The Hall–Kier alpha value is -1.75. The van der Waals surface area contributed by atoms with Gasteiger partial charge < -0.3 is 20.9 Å². The quantitative estimate of drug-likeness (QED) is 0.394. The highest BCUT2D eigenvalue weighted by Gasteiger charge is 2.13. The molecule has 0 spiro atoms. The van der Waals surface area contributed by atoms with E-state index in [1.807, 2.05) is 0 Å². The number of hydrogen-bond donors (Lipinski definition) is 3. The van der Waals surface area contributed by atoms with E-state index in [2.05, 4.69) is 10.1 Å². The Balaban J connectivity index is 2.77. The predicted molar refractivity (Wildman–Crippen MR) is 67.0 cm³/mol. The first-order valence-electron chi connectivity index (χ1n) is 5.52. The summed E-state index contributed by atoms with van der Waals surface area (Å²) in [5.74, 6) is -0.415. The van der Waals surface area contributed by atoms with E-state index in [1.54, 1.807) is 18.2 Å². The molecule has 1 aromatic carbocycles. The molecule has 0 bridgehead atoms. The number of nitrogens with two attached hydrogens (primary N) is 1. The zero-order valence-corrected chi connectivity index (χ0v) is 9.90. The molecule has 0 aromatic heterocycles. The lowest BCUT2D eigenvalue weighted by Crippen LogP contribution is -2.11. The number of benzene rings is 1. The van der Waals surface area contributed by atoms with Gasteiger partial charge in [0.2, 0.25) is 0 Å². The smallest absolute Gasteiger partial charge is 0.340 e. The Labute approximate surface area is 101 Å². The monoisotopic (exact) mass is 238 g/mol. The number of carbonyl (C=O) groups is 1. The summed E-state index contributed by atoms with van der Waals surface area (Å²) < 4.78 is 4.68. The van der Waals surface area contributed by atoms with Gasteiger partial charge in [-0.3, -0.25) is 0 Å². The number of esters is 1. The van der Waals surface area contributed by atoms with E-state index in [4.69, 9.17) is 10.8 Å². The third-order valence-corrected chi connectivity index (χ3v) is 2.39. The fourth-order valence-corrected chi connectivity index (χ4v) is 1.50. The Bertz CT molecular complexity index is 380. The van der Waals surface area contributed by atoms with E-state index in [0.717, 1.165) is 6.42 Å². The second kappa shape index (κ2) is 6.75. The molecule has 1 rings (SSSR count). The van der Waals surface area contributed by atoms with Crippen LogP contribution in [-0.4, -0.2) is 31.3 Å². The zero-order valence-electron chi connectivity index (χ0n) is 9.90. The van der Waals surface area contributed by atoms with E-state index >= 15 is 0 Å². The molecule has 4 N–H and O–H groups in total. The van der Waals surface area contributed by atoms with E-state index in [9.17, 15) is 4.79 Å². The molecule has 0 saturated carbocycles. The molecule has 0 aliphatic carbocycles. The summed E-state index contributed by atoms with van der Waals surface area (Å²) in [6.07, 6.45) is 1.53. The predicted octanol–water partition coefficient (Wildman–Crippen LogP) is 1.24. The minimum atomic E-state index is -0.415. The van der Waals surface area contributed by atoms with Crippen LogP contribution in [-0.2, 0) is 4.74 Å². The fourth-order valence-electron chi connectivity index (χ4n) is 1.50. The number of anilines is 2. The van der Waals surface area contributed by atoms with Gasteiger partial charge in [0.15, 0.2) is 0 Å². The Morgan fingerprint density at radius 3 is 2.88 bits per heavy atom. The number of nitrogen functional groups attached to an aromatic ring is 1. The average Bonchev–Trinajstić information content (AvgIpc) is 2.35. The van der Waals surface area contributed by atoms with Gasteiger partial charge in [0, 0.05) is 13.2 Å². The Morgan fingerprint density at radius 1 is 1.47 bits per heavy atom. The molecular formula is C12H18N2O3. The molecule has 0 radical (unpaired) electrons. The van der Waals surface area contributed by atoms with Crippen molar-refractivity contribution in [1.29, 1.82) is 0 Å². The molecule has 0 atom stereocenters. The Morgan fingerprint density at radius 2 is 2.24 bits per heavy atom. The first kappa shape index (κ1) is 13.3. The first-order valence-corrected chi connectivity index (χ1v) is 5.52. The van der Waals surface area contributed by atoms with Gasteiger partial charge in [0.25, 0.3) is 0 Å². The summed E-state index contributed by atoms with van der Waals surface area (Å²) in [7, 11) is 1.33. The number of unbranched alkanes of at least 4 members (excludes halogenated alkanes) is 1. The number of aliphatic hydroxyl groups excluding tert-OH is 1. The summed E-state index contributed by atoms with van der Waals surface area (Å²) in [6, 6.07) is 5.10. The number of rotatable bonds is 6. The maximum Gasteiger partial charge on any atom is 0.340 e. The number of para-hydroxylation sites is 1. The lowest BCUT2D eigenvalue weighted by Gasteiger charge is -2.12. The molecular weight excluding hydrogens is 220 g/mol. The molecule has 5 nitrogen and oxygen atoms in total. The first-order chi connectivity index (χ1) is 8.20. The topological polar surface area (TPSA) is 84.6 Å². The lowest BCUT2D eigenvalue weighted by atomic mass is 10.1. The third kappa shape index (κ3) is 3.64. The highest BCUT2D eigenvalue weighted by Crippen LogP contribution is 2.24. The number of methoxy groups -OCH3 is 1. The van der Waals surface area contributed by atoms with Crippen molar-refractivity contribution in [2.45, 2.75) is 12.8 Å². The van der Waals surface area contributed by atoms with Crippen molar-refractivity contribution in [2.75, 3.05) is 31.3 Å². The number of ether oxygens (including phenoxy) is 1. The molecule has 0 aliphatic heterocycles. The summed E-state index contributed by atoms with van der Waals surface area (Å²) >= 11 is 0. The van der Waals surface area contributed by atoms with Gasteiger partial charge in [-0.15, -0.1) is 0 Å². The highest BCUT2D eigenvalue weighted by molar-refractivity contribution is 5.98. The zero-order chi connectivity index (χ0) is 12.7. The minimum Gasteiger partial charge on any atom is -0.465 e. The van der Waals surface area contributed by atoms with Crippen LogP contribution < -0.4 is 11.1 Å². The van der Waals surface area contributed by atoms with E-state index < -0.39 is 5.97 Å². The standard InChI is InChI=1S/C12H18N2O3/c1-17-12(16)9-5-4-6-10(13)11(9)14-7-2-3-8-15/h4-6,14-15H,2-3,7-8,13H2,1H3. The Kier molecular flexibility index (Phi) is 5.29. The SMILES string of the molecule is COC(=O)c1cccc(N)c1NCCCCO. The van der Waals surface area contributed by atoms with Crippen LogP contribution in [0.5, 0.6) is 0 Å². The van der Waals surface area contributed by atoms with Gasteiger partial charge in [0.05, 0.1) is 24.0 Å². The van der Waals surface area contributed by atoms with Crippen molar-refractivity contribution < 1.29 is 14.6 Å². The van der Waals surface area contributed by atoms with Crippen LogP contribution in [0.25, 0.3) is 0 Å². The van der Waals surface area contributed by atoms with Crippen molar-refractivity contribution in [3.8, 4) is 0 Å². The molecule has 0 fully saturated rings. The molecule has 5 heteroatoms. The molecule has 0 amide bonds. The van der Waals surface area contributed by atoms with Crippen LogP contribution in [0.4, 0.5) is 11.4 Å². The van der Waals surface area contributed by atoms with Gasteiger partial charge in [-0.25, -0.2) is 4.79 Å². The molecule has 0 unspecified atom stereocenters. The number of carbonyl (C=O) groups excluding carboxylic acids is 1. The molecule has 0 aliphatic rings. The van der Waals surface area contributed by atoms with Gasteiger partial charge in [0.1, 0.15) is 0 Å². The van der Waals surface area contributed by atoms with Crippen LogP contribution in [0.15, 0.2) is 18.2 Å². The van der Waals surface area contributed by atoms with Crippen molar-refractivity contribution in [3.05, 3.63) is 23.8 Å². The number of nitrogens with one attached hydrogen (secondary N) is 1. The van der Waals surface area contributed by atoms with Crippen LogP contribution in [0.2, 0.25) is 0 Å². The van der Waals surface area contributed by atoms with Gasteiger partial charge in [-0.1, -0.05) is 6.07 Å². The van der Waals surface area contributed by atoms with Crippen LogP contribution >= 0.6 is 0 Å². The lowest BCUT2D eigenvalue weighted by molar-refractivity contribution is 0.0602. The molecule has 17 heavy (non-hydrogen) atoms. The second-order valence-corrected chi connectivity index (χ2v) is 3.62.